The van der Waals surface area contributed by atoms with Crippen LogP contribution in [0, 0.1) is 12.8 Å². The Kier molecular flexibility index (Phi) is 5.74. The molecule has 142 valence electrons. The molecule has 26 heavy (non-hydrogen) atoms. The second kappa shape index (κ2) is 7.85. The maximum absolute atomic E-state index is 11.5. The number of aryl methyl sites for hydroxylation is 1. The lowest BCUT2D eigenvalue weighted by Crippen LogP contribution is -2.31. The van der Waals surface area contributed by atoms with Crippen LogP contribution in [0.1, 0.15) is 30.1 Å². The Morgan fingerprint density at radius 1 is 1.27 bits per heavy atom. The predicted molar refractivity (Wildman–Crippen MR) is 102 cm³/mol. The van der Waals surface area contributed by atoms with Crippen molar-refractivity contribution in [2.24, 2.45) is 5.92 Å². The highest BCUT2D eigenvalue weighted by Gasteiger charge is 2.20. The van der Waals surface area contributed by atoms with Crippen LogP contribution >= 0.6 is 0 Å². The number of rotatable bonds is 6. The number of aromatic nitrogens is 3. The number of nitrogens with one attached hydrogen (secondary N) is 1. The van der Waals surface area contributed by atoms with E-state index in [2.05, 4.69) is 21.7 Å². The molecule has 1 aromatic carbocycles. The standard InChI is InChI=1S/C18H27N5O2S/c1-14-5-4-6-16(11-14)23-18(13-19-26(3,24)25)20-17(21-23)12-15-7-9-22(2)10-8-15/h4-6,11,15,19H,7-10,12-13H2,1-3H3. The molecule has 2 heterocycles. The Hall–Kier alpha value is -1.77. The minimum Gasteiger partial charge on any atom is -0.306 e. The van der Waals surface area contributed by atoms with Gasteiger partial charge in [0.2, 0.25) is 10.0 Å². The van der Waals surface area contributed by atoms with Gasteiger partial charge in [-0.25, -0.2) is 22.8 Å². The Labute approximate surface area is 155 Å². The van der Waals surface area contributed by atoms with Crippen molar-refractivity contribution in [1.29, 1.82) is 0 Å². The molecule has 1 saturated heterocycles. The maximum Gasteiger partial charge on any atom is 0.209 e. The van der Waals surface area contributed by atoms with Gasteiger partial charge in [-0.1, -0.05) is 12.1 Å². The molecule has 0 radical (unpaired) electrons. The Morgan fingerprint density at radius 2 is 2.00 bits per heavy atom. The van der Waals surface area contributed by atoms with Crippen LogP contribution in [-0.4, -0.2) is 54.5 Å². The van der Waals surface area contributed by atoms with Crippen LogP contribution in [-0.2, 0) is 23.0 Å². The first-order chi connectivity index (χ1) is 12.3. The van der Waals surface area contributed by atoms with Crippen molar-refractivity contribution in [2.75, 3.05) is 26.4 Å². The largest absolute Gasteiger partial charge is 0.306 e. The highest BCUT2D eigenvalue weighted by Crippen LogP contribution is 2.21. The van der Waals surface area contributed by atoms with E-state index in [1.807, 2.05) is 31.2 Å². The minimum absolute atomic E-state index is 0.132. The number of hydrogen-bond donors (Lipinski definition) is 1. The third kappa shape index (κ3) is 5.12. The van der Waals surface area contributed by atoms with Gasteiger partial charge in [-0.15, -0.1) is 0 Å². The zero-order chi connectivity index (χ0) is 18.7. The third-order valence-electron chi connectivity index (χ3n) is 4.77. The highest BCUT2D eigenvalue weighted by molar-refractivity contribution is 7.88. The van der Waals surface area contributed by atoms with Crippen LogP contribution in [0.5, 0.6) is 0 Å². The van der Waals surface area contributed by atoms with E-state index in [0.717, 1.165) is 55.7 Å². The van der Waals surface area contributed by atoms with E-state index in [4.69, 9.17) is 5.10 Å². The van der Waals surface area contributed by atoms with Crippen molar-refractivity contribution in [3.8, 4) is 5.69 Å². The summed E-state index contributed by atoms with van der Waals surface area (Å²) >= 11 is 0. The summed E-state index contributed by atoms with van der Waals surface area (Å²) in [7, 11) is -1.14. The molecule has 1 fully saturated rings. The minimum atomic E-state index is -3.29. The molecular formula is C18H27N5O2S. The summed E-state index contributed by atoms with van der Waals surface area (Å²) in [5.41, 5.74) is 2.02. The van der Waals surface area contributed by atoms with E-state index >= 15 is 0 Å². The smallest absolute Gasteiger partial charge is 0.209 e. The van der Waals surface area contributed by atoms with Crippen LogP contribution in [0.3, 0.4) is 0 Å². The van der Waals surface area contributed by atoms with E-state index in [9.17, 15) is 8.42 Å². The highest BCUT2D eigenvalue weighted by atomic mass is 32.2. The van der Waals surface area contributed by atoms with E-state index in [1.165, 1.54) is 0 Å². The molecule has 0 atom stereocenters. The van der Waals surface area contributed by atoms with Crippen LogP contribution in [0.2, 0.25) is 0 Å². The number of hydrogen-bond acceptors (Lipinski definition) is 5. The lowest BCUT2D eigenvalue weighted by Gasteiger charge is -2.28. The van der Waals surface area contributed by atoms with E-state index in [0.29, 0.717) is 11.7 Å². The molecule has 0 aliphatic carbocycles. The van der Waals surface area contributed by atoms with Gasteiger partial charge < -0.3 is 4.90 Å². The quantitative estimate of drug-likeness (QED) is 0.825. The average Bonchev–Trinajstić information content (AvgIpc) is 2.97. The van der Waals surface area contributed by atoms with Crippen LogP contribution in [0.4, 0.5) is 0 Å². The van der Waals surface area contributed by atoms with Crippen molar-refractivity contribution < 1.29 is 8.42 Å². The van der Waals surface area contributed by atoms with Gasteiger partial charge in [0.1, 0.15) is 5.82 Å². The predicted octanol–water partition coefficient (Wildman–Crippen LogP) is 1.51. The summed E-state index contributed by atoms with van der Waals surface area (Å²) in [4.78, 5) is 6.99. The molecule has 3 rings (SSSR count). The SMILES string of the molecule is Cc1cccc(-n2nc(CC3CCN(C)CC3)nc2CNS(C)(=O)=O)c1. The molecule has 1 N–H and O–H groups in total. The van der Waals surface area contributed by atoms with Crippen molar-refractivity contribution in [2.45, 2.75) is 32.7 Å². The van der Waals surface area contributed by atoms with Gasteiger partial charge in [0.15, 0.2) is 5.82 Å². The zero-order valence-electron chi connectivity index (χ0n) is 15.6. The molecule has 1 aliphatic heterocycles. The molecular weight excluding hydrogens is 350 g/mol. The fourth-order valence-corrected chi connectivity index (χ4v) is 3.67. The lowest BCUT2D eigenvalue weighted by atomic mass is 9.94. The number of likely N-dealkylation sites (tertiary alicyclic amines) is 1. The molecule has 7 nitrogen and oxygen atoms in total. The molecule has 0 saturated carbocycles. The zero-order valence-corrected chi connectivity index (χ0v) is 16.5. The van der Waals surface area contributed by atoms with Crippen molar-refractivity contribution in [3.63, 3.8) is 0 Å². The summed E-state index contributed by atoms with van der Waals surface area (Å²) in [6.07, 6.45) is 4.27. The van der Waals surface area contributed by atoms with Crippen LogP contribution in [0.25, 0.3) is 5.69 Å². The van der Waals surface area contributed by atoms with E-state index in [1.54, 1.807) is 4.68 Å². The first-order valence-electron chi connectivity index (χ1n) is 8.95. The summed E-state index contributed by atoms with van der Waals surface area (Å²) in [5, 5.41) is 4.69. The Balaban J connectivity index is 1.84. The molecule has 0 unspecified atom stereocenters. The van der Waals surface area contributed by atoms with Gasteiger partial charge >= 0.3 is 0 Å². The molecule has 2 aromatic rings. The van der Waals surface area contributed by atoms with Crippen LogP contribution in [0.15, 0.2) is 24.3 Å². The van der Waals surface area contributed by atoms with Gasteiger partial charge in [-0.3, -0.25) is 0 Å². The van der Waals surface area contributed by atoms with Crippen molar-refractivity contribution in [1.82, 2.24) is 24.4 Å². The molecule has 0 bridgehead atoms. The van der Waals surface area contributed by atoms with Gasteiger partial charge in [-0.2, -0.15) is 5.10 Å². The van der Waals surface area contributed by atoms with Crippen molar-refractivity contribution in [3.05, 3.63) is 41.5 Å². The van der Waals surface area contributed by atoms with Gasteiger partial charge in [0, 0.05) is 6.42 Å². The first kappa shape index (κ1) is 19.0. The molecule has 0 spiro atoms. The third-order valence-corrected chi connectivity index (χ3v) is 5.43. The molecule has 1 aliphatic rings. The molecule has 0 amide bonds. The number of benzene rings is 1. The molecule has 8 heteroatoms. The normalized spacial score (nSPS) is 16.9. The van der Waals surface area contributed by atoms with E-state index in [-0.39, 0.29) is 6.54 Å². The second-order valence-corrected chi connectivity index (χ2v) is 9.07. The number of piperidine rings is 1. The second-order valence-electron chi connectivity index (χ2n) is 7.24. The molecule has 1 aromatic heterocycles. The number of nitrogens with zero attached hydrogens (tertiary/aromatic N) is 4. The summed E-state index contributed by atoms with van der Waals surface area (Å²) in [5.74, 6) is 1.98. The Morgan fingerprint density at radius 3 is 2.65 bits per heavy atom. The van der Waals surface area contributed by atoms with Crippen molar-refractivity contribution >= 4 is 10.0 Å². The fraction of sp³-hybridized carbons (Fsp3) is 0.556. The van der Waals surface area contributed by atoms with Gasteiger partial charge in [0.05, 0.1) is 18.5 Å². The van der Waals surface area contributed by atoms with Crippen LogP contribution < -0.4 is 4.72 Å². The topological polar surface area (TPSA) is 80.1 Å². The fourth-order valence-electron chi connectivity index (χ4n) is 3.28. The van der Waals surface area contributed by atoms with Gasteiger partial charge in [0.25, 0.3) is 0 Å². The summed E-state index contributed by atoms with van der Waals surface area (Å²) in [6.45, 7) is 4.36. The van der Waals surface area contributed by atoms with Gasteiger partial charge in [-0.05, 0) is 63.5 Å². The maximum atomic E-state index is 11.5. The summed E-state index contributed by atoms with van der Waals surface area (Å²) < 4.78 is 27.3. The van der Waals surface area contributed by atoms with E-state index < -0.39 is 10.0 Å². The Bertz CT molecular complexity index is 854. The summed E-state index contributed by atoms with van der Waals surface area (Å²) in [6, 6.07) is 7.98. The number of sulfonamides is 1. The monoisotopic (exact) mass is 377 g/mol. The average molecular weight is 378 g/mol. The first-order valence-corrected chi connectivity index (χ1v) is 10.8. The lowest BCUT2D eigenvalue weighted by molar-refractivity contribution is 0.217.